The highest BCUT2D eigenvalue weighted by Gasteiger charge is 2.33. The molecule has 2 N–H and O–H groups in total. The quantitative estimate of drug-likeness (QED) is 0.894. The second-order valence-corrected chi connectivity index (χ2v) is 4.74. The smallest absolute Gasteiger partial charge is 0.231 e. The lowest BCUT2D eigenvalue weighted by Gasteiger charge is -2.26. The summed E-state index contributed by atoms with van der Waals surface area (Å²) in [5.41, 5.74) is 6.30. The summed E-state index contributed by atoms with van der Waals surface area (Å²) in [5.74, 6) is -0.573. The van der Waals surface area contributed by atoms with Crippen molar-refractivity contribution in [3.05, 3.63) is 30.1 Å². The lowest BCUT2D eigenvalue weighted by atomic mass is 10.0. The van der Waals surface area contributed by atoms with Gasteiger partial charge in [-0.3, -0.25) is 4.79 Å². The van der Waals surface area contributed by atoms with E-state index in [-0.39, 0.29) is 23.7 Å². The monoisotopic (exact) mass is 250 g/mol. The van der Waals surface area contributed by atoms with Crippen LogP contribution in [0.3, 0.4) is 0 Å². The van der Waals surface area contributed by atoms with Crippen LogP contribution < -0.4 is 10.6 Å². The summed E-state index contributed by atoms with van der Waals surface area (Å²) in [6.07, 6.45) is 2.67. The molecule has 1 aromatic rings. The van der Waals surface area contributed by atoms with Crippen molar-refractivity contribution in [1.82, 2.24) is 0 Å². The largest absolute Gasteiger partial charge is 0.327 e. The molecule has 18 heavy (non-hydrogen) atoms. The highest BCUT2D eigenvalue weighted by atomic mass is 19.1. The van der Waals surface area contributed by atoms with Crippen LogP contribution in [0.4, 0.5) is 10.1 Å². The Kier molecular flexibility index (Phi) is 3.97. The first-order valence-corrected chi connectivity index (χ1v) is 6.46. The Bertz CT molecular complexity index is 436. The Labute approximate surface area is 107 Å². The summed E-state index contributed by atoms with van der Waals surface area (Å²) in [7, 11) is 0. The maximum atomic E-state index is 13.7. The molecule has 2 unspecified atom stereocenters. The van der Waals surface area contributed by atoms with Crippen molar-refractivity contribution in [2.24, 2.45) is 11.7 Å². The molecule has 1 aromatic carbocycles. The number of hydrogen-bond donors (Lipinski definition) is 1. The summed E-state index contributed by atoms with van der Waals surface area (Å²) >= 11 is 0. The molecule has 0 heterocycles. The first-order chi connectivity index (χ1) is 8.65. The van der Waals surface area contributed by atoms with Gasteiger partial charge in [0, 0.05) is 12.6 Å². The Hall–Kier alpha value is -1.42. The fraction of sp³-hybridized carbons (Fsp3) is 0.500. The van der Waals surface area contributed by atoms with E-state index in [0.29, 0.717) is 12.2 Å². The number of para-hydroxylation sites is 1. The van der Waals surface area contributed by atoms with Gasteiger partial charge in [0.05, 0.1) is 11.6 Å². The molecule has 0 spiro atoms. The summed E-state index contributed by atoms with van der Waals surface area (Å²) in [6.45, 7) is 2.31. The third kappa shape index (κ3) is 2.38. The van der Waals surface area contributed by atoms with E-state index in [1.807, 2.05) is 6.92 Å². The number of nitrogens with two attached hydrogens (primary N) is 1. The number of rotatable bonds is 3. The fourth-order valence-electron chi connectivity index (χ4n) is 2.61. The first-order valence-electron chi connectivity index (χ1n) is 6.46. The average molecular weight is 250 g/mol. The van der Waals surface area contributed by atoms with Crippen molar-refractivity contribution >= 4 is 11.6 Å². The molecule has 2 rings (SSSR count). The predicted molar refractivity (Wildman–Crippen MR) is 69.7 cm³/mol. The van der Waals surface area contributed by atoms with Crippen LogP contribution in [0.2, 0.25) is 0 Å². The zero-order valence-electron chi connectivity index (χ0n) is 10.6. The molecule has 0 radical (unpaired) electrons. The second-order valence-electron chi connectivity index (χ2n) is 4.74. The molecule has 1 saturated carbocycles. The summed E-state index contributed by atoms with van der Waals surface area (Å²) in [4.78, 5) is 13.9. The van der Waals surface area contributed by atoms with E-state index < -0.39 is 0 Å². The van der Waals surface area contributed by atoms with Crippen molar-refractivity contribution in [2.45, 2.75) is 32.2 Å². The van der Waals surface area contributed by atoms with E-state index in [1.165, 1.54) is 11.0 Å². The lowest BCUT2D eigenvalue weighted by Crippen LogP contribution is -2.42. The van der Waals surface area contributed by atoms with Crippen LogP contribution in [0.25, 0.3) is 0 Å². The second kappa shape index (κ2) is 5.48. The Morgan fingerprint density at radius 3 is 2.72 bits per heavy atom. The van der Waals surface area contributed by atoms with Gasteiger partial charge < -0.3 is 10.6 Å². The molecule has 4 heteroatoms. The molecule has 0 bridgehead atoms. The van der Waals surface area contributed by atoms with Crippen molar-refractivity contribution < 1.29 is 9.18 Å². The Balaban J connectivity index is 2.23. The van der Waals surface area contributed by atoms with Gasteiger partial charge in [-0.1, -0.05) is 18.6 Å². The first kappa shape index (κ1) is 13.0. The van der Waals surface area contributed by atoms with Crippen molar-refractivity contribution in [3.8, 4) is 0 Å². The predicted octanol–water partition coefficient (Wildman–Crippen LogP) is 2.31. The summed E-state index contributed by atoms with van der Waals surface area (Å²) in [5, 5.41) is 0. The number of nitrogens with zero attached hydrogens (tertiary/aromatic N) is 1. The number of benzene rings is 1. The maximum absolute atomic E-state index is 13.7. The van der Waals surface area contributed by atoms with Crippen molar-refractivity contribution in [3.63, 3.8) is 0 Å². The molecule has 1 aliphatic rings. The van der Waals surface area contributed by atoms with Gasteiger partial charge >= 0.3 is 0 Å². The molecule has 2 atom stereocenters. The van der Waals surface area contributed by atoms with Crippen LogP contribution >= 0.6 is 0 Å². The SMILES string of the molecule is CCN(C(=O)C1CCCC1N)c1ccccc1F. The Morgan fingerprint density at radius 1 is 1.44 bits per heavy atom. The van der Waals surface area contributed by atoms with Crippen LogP contribution in [0.15, 0.2) is 24.3 Å². The molecule has 1 amide bonds. The van der Waals surface area contributed by atoms with Crippen LogP contribution in [-0.2, 0) is 4.79 Å². The number of anilines is 1. The zero-order chi connectivity index (χ0) is 13.1. The van der Waals surface area contributed by atoms with Crippen molar-refractivity contribution in [1.29, 1.82) is 0 Å². The number of hydrogen-bond acceptors (Lipinski definition) is 2. The highest BCUT2D eigenvalue weighted by Crippen LogP contribution is 2.28. The van der Waals surface area contributed by atoms with E-state index in [2.05, 4.69) is 0 Å². The van der Waals surface area contributed by atoms with Crippen LogP contribution in [0.1, 0.15) is 26.2 Å². The van der Waals surface area contributed by atoms with E-state index in [9.17, 15) is 9.18 Å². The third-order valence-electron chi connectivity index (χ3n) is 3.61. The van der Waals surface area contributed by atoms with E-state index >= 15 is 0 Å². The minimum absolute atomic E-state index is 0.0485. The standard InChI is InChI=1S/C14H19FN2O/c1-2-17(13-9-4-3-7-11(13)15)14(18)10-6-5-8-12(10)16/h3-4,7,9-10,12H,2,5-6,8,16H2,1H3. The molecule has 98 valence electrons. The lowest BCUT2D eigenvalue weighted by molar-refractivity contribution is -0.122. The number of carbonyl (C=O) groups is 1. The van der Waals surface area contributed by atoms with Gasteiger partial charge in [-0.15, -0.1) is 0 Å². The van der Waals surface area contributed by atoms with Gasteiger partial charge in [0.2, 0.25) is 5.91 Å². The summed E-state index contributed by atoms with van der Waals surface area (Å²) in [6, 6.07) is 6.29. The fourth-order valence-corrected chi connectivity index (χ4v) is 2.61. The minimum Gasteiger partial charge on any atom is -0.327 e. The minimum atomic E-state index is -0.362. The topological polar surface area (TPSA) is 46.3 Å². The molecule has 0 aliphatic heterocycles. The molecule has 0 aromatic heterocycles. The maximum Gasteiger partial charge on any atom is 0.231 e. The highest BCUT2D eigenvalue weighted by molar-refractivity contribution is 5.95. The number of amides is 1. The van der Waals surface area contributed by atoms with Crippen LogP contribution in [-0.4, -0.2) is 18.5 Å². The zero-order valence-corrected chi connectivity index (χ0v) is 10.6. The average Bonchev–Trinajstić information content (AvgIpc) is 2.78. The third-order valence-corrected chi connectivity index (χ3v) is 3.61. The van der Waals surface area contributed by atoms with Crippen molar-refractivity contribution in [2.75, 3.05) is 11.4 Å². The van der Waals surface area contributed by atoms with Gasteiger partial charge in [0.1, 0.15) is 5.82 Å². The van der Waals surface area contributed by atoms with E-state index in [4.69, 9.17) is 5.73 Å². The van der Waals surface area contributed by atoms with Crippen LogP contribution in [0.5, 0.6) is 0 Å². The molecular weight excluding hydrogens is 231 g/mol. The molecule has 0 saturated heterocycles. The molecule has 3 nitrogen and oxygen atoms in total. The number of carbonyl (C=O) groups excluding carboxylic acids is 1. The van der Waals surface area contributed by atoms with Gasteiger partial charge in [-0.05, 0) is 31.9 Å². The van der Waals surface area contributed by atoms with E-state index in [0.717, 1.165) is 19.3 Å². The van der Waals surface area contributed by atoms with Gasteiger partial charge in [0.25, 0.3) is 0 Å². The Morgan fingerprint density at radius 2 is 2.17 bits per heavy atom. The van der Waals surface area contributed by atoms with Gasteiger partial charge in [-0.25, -0.2) is 4.39 Å². The van der Waals surface area contributed by atoms with E-state index in [1.54, 1.807) is 18.2 Å². The molecule has 1 fully saturated rings. The van der Waals surface area contributed by atoms with Crippen LogP contribution in [0, 0.1) is 11.7 Å². The van der Waals surface area contributed by atoms with Gasteiger partial charge in [-0.2, -0.15) is 0 Å². The molecule has 1 aliphatic carbocycles. The normalized spacial score (nSPS) is 23.1. The summed E-state index contributed by atoms with van der Waals surface area (Å²) < 4.78 is 13.7. The number of halogens is 1. The molecular formula is C14H19FN2O. The van der Waals surface area contributed by atoms with Gasteiger partial charge in [0.15, 0.2) is 0 Å².